The number of hydrogen-bond acceptors (Lipinski definition) is 4. The van der Waals surface area contributed by atoms with Gasteiger partial charge in [0.05, 0.1) is 6.20 Å². The number of methoxy groups -OCH3 is 1. The summed E-state index contributed by atoms with van der Waals surface area (Å²) in [6, 6.07) is 0. The minimum atomic E-state index is -3.67. The molecule has 1 atom stereocenters. The molecule has 7 heteroatoms. The maximum absolute atomic E-state index is 9.67. The summed E-state index contributed by atoms with van der Waals surface area (Å²) >= 11 is 0. The van der Waals surface area contributed by atoms with Gasteiger partial charge in [-0.3, -0.25) is 4.98 Å². The van der Waals surface area contributed by atoms with Crippen molar-refractivity contribution in [3.05, 3.63) is 18.6 Å². The van der Waals surface area contributed by atoms with E-state index in [-0.39, 0.29) is 6.29 Å². The first-order valence-corrected chi connectivity index (χ1v) is 3.94. The Kier molecular flexibility index (Phi) is 7.25. The smallest absolute Gasteiger partial charge is 0.379 e. The molecule has 0 radical (unpaired) electrons. The maximum atomic E-state index is 9.67. The van der Waals surface area contributed by atoms with Gasteiger partial charge >= 0.3 is 6.68 Å². The summed E-state index contributed by atoms with van der Waals surface area (Å²) in [6.07, 6.45) is 4.41. The molecule has 0 N–H and O–H groups in total. The molecule has 0 aliphatic heterocycles. The summed E-state index contributed by atoms with van der Waals surface area (Å²) in [7, 11) is 1.57. The second-order valence-electron chi connectivity index (χ2n) is 2.21. The maximum Gasteiger partial charge on any atom is 0.379 e. The number of aromatic nitrogens is 2. The molecule has 0 bridgehead atoms. The fourth-order valence-electron chi connectivity index (χ4n) is 0.564. The topological polar surface area (TPSA) is 44.2 Å². The van der Waals surface area contributed by atoms with Crippen LogP contribution in [0.4, 0.5) is 13.2 Å². The lowest BCUT2D eigenvalue weighted by molar-refractivity contribution is -0.0412. The van der Waals surface area contributed by atoms with Gasteiger partial charge in [0.25, 0.3) is 0 Å². The summed E-state index contributed by atoms with van der Waals surface area (Å²) in [5.74, 6) is 0.474. The van der Waals surface area contributed by atoms with Crippen molar-refractivity contribution in [2.75, 3.05) is 7.11 Å². The molecule has 1 aromatic rings. The van der Waals surface area contributed by atoms with E-state index in [1.807, 2.05) is 0 Å². The second-order valence-corrected chi connectivity index (χ2v) is 2.21. The molecular weight excluding hydrogens is 213 g/mol. The third-order valence-corrected chi connectivity index (χ3v) is 1.16. The quantitative estimate of drug-likeness (QED) is 0.737. The van der Waals surface area contributed by atoms with E-state index in [0.29, 0.717) is 5.88 Å². The van der Waals surface area contributed by atoms with Gasteiger partial charge in [-0.2, -0.15) is 13.2 Å². The SMILES string of the molecule is COC(C)Oc1cnccn1.FC(F)F. The monoisotopic (exact) mass is 224 g/mol. The zero-order valence-corrected chi connectivity index (χ0v) is 8.23. The van der Waals surface area contributed by atoms with Crippen LogP contribution < -0.4 is 4.74 Å². The Morgan fingerprint density at radius 3 is 2.27 bits per heavy atom. The molecule has 1 unspecified atom stereocenters. The lowest BCUT2D eigenvalue weighted by atomic mass is 10.7. The molecule has 0 amide bonds. The van der Waals surface area contributed by atoms with E-state index >= 15 is 0 Å². The number of alkyl halides is 3. The predicted octanol–water partition coefficient (Wildman–Crippen LogP) is 2.03. The van der Waals surface area contributed by atoms with Crippen molar-refractivity contribution in [1.29, 1.82) is 0 Å². The van der Waals surface area contributed by atoms with E-state index in [9.17, 15) is 13.2 Å². The Balaban J connectivity index is 0.000000423. The minimum Gasteiger partial charge on any atom is -0.447 e. The Bertz CT molecular complexity index is 246. The fraction of sp³-hybridized carbons (Fsp3) is 0.500. The van der Waals surface area contributed by atoms with Gasteiger partial charge in [0.15, 0.2) is 6.29 Å². The largest absolute Gasteiger partial charge is 0.447 e. The molecule has 86 valence electrons. The van der Waals surface area contributed by atoms with E-state index in [0.717, 1.165) is 0 Å². The molecule has 4 nitrogen and oxygen atoms in total. The van der Waals surface area contributed by atoms with Gasteiger partial charge in [-0.25, -0.2) is 4.98 Å². The van der Waals surface area contributed by atoms with Gasteiger partial charge < -0.3 is 9.47 Å². The van der Waals surface area contributed by atoms with Crippen molar-refractivity contribution in [2.24, 2.45) is 0 Å². The molecule has 0 spiro atoms. The molecule has 0 saturated carbocycles. The van der Waals surface area contributed by atoms with Gasteiger partial charge in [0.2, 0.25) is 5.88 Å². The standard InChI is InChI=1S/C7H10N2O2.CHF3/c1-6(10-2)11-7-5-8-3-4-9-7;2-1(3)4/h3-6H,1-2H3;1H. The van der Waals surface area contributed by atoms with Crippen molar-refractivity contribution < 1.29 is 22.6 Å². The van der Waals surface area contributed by atoms with Gasteiger partial charge in [0, 0.05) is 19.5 Å². The number of halogens is 3. The van der Waals surface area contributed by atoms with E-state index < -0.39 is 6.68 Å². The number of ether oxygens (including phenoxy) is 2. The molecule has 1 aromatic heterocycles. The normalized spacial score (nSPS) is 11.6. The van der Waals surface area contributed by atoms with Crippen molar-refractivity contribution in [3.8, 4) is 5.88 Å². The Labute approximate surface area is 85.1 Å². The third kappa shape index (κ3) is 8.95. The molecule has 0 aliphatic rings. The molecule has 0 aromatic carbocycles. The van der Waals surface area contributed by atoms with Crippen LogP contribution in [0, 0.1) is 0 Å². The molecular formula is C8H11F3N2O2. The first-order valence-electron chi connectivity index (χ1n) is 3.94. The van der Waals surface area contributed by atoms with Gasteiger partial charge in [-0.15, -0.1) is 0 Å². The van der Waals surface area contributed by atoms with E-state index in [1.165, 1.54) is 6.20 Å². The first-order chi connectivity index (χ1) is 7.06. The molecule has 1 heterocycles. The Hall–Kier alpha value is -1.37. The predicted molar refractivity (Wildman–Crippen MR) is 46.2 cm³/mol. The zero-order chi connectivity index (χ0) is 11.7. The molecule has 0 fully saturated rings. The van der Waals surface area contributed by atoms with Crippen molar-refractivity contribution >= 4 is 0 Å². The average molecular weight is 224 g/mol. The van der Waals surface area contributed by atoms with Crippen LogP contribution in [0.5, 0.6) is 5.88 Å². The average Bonchev–Trinajstić information content (AvgIpc) is 2.18. The molecule has 0 saturated heterocycles. The fourth-order valence-corrected chi connectivity index (χ4v) is 0.564. The highest BCUT2D eigenvalue weighted by molar-refractivity contribution is 5.00. The molecule has 1 rings (SSSR count). The van der Waals surface area contributed by atoms with E-state index in [4.69, 9.17) is 9.47 Å². The number of rotatable bonds is 3. The highest BCUT2D eigenvalue weighted by atomic mass is 19.4. The van der Waals surface area contributed by atoms with Crippen LogP contribution in [0.3, 0.4) is 0 Å². The second kappa shape index (κ2) is 7.98. The summed E-state index contributed by atoms with van der Waals surface area (Å²) in [5.41, 5.74) is 0. The van der Waals surface area contributed by atoms with Crippen LogP contribution in [0.1, 0.15) is 6.92 Å². The van der Waals surface area contributed by atoms with E-state index in [2.05, 4.69) is 9.97 Å². The van der Waals surface area contributed by atoms with Crippen LogP contribution in [0.25, 0.3) is 0 Å². The van der Waals surface area contributed by atoms with Crippen molar-refractivity contribution in [3.63, 3.8) is 0 Å². The summed E-state index contributed by atoms with van der Waals surface area (Å²) in [5, 5.41) is 0. The van der Waals surface area contributed by atoms with Crippen molar-refractivity contribution in [1.82, 2.24) is 9.97 Å². The van der Waals surface area contributed by atoms with Crippen LogP contribution in [0.15, 0.2) is 18.6 Å². The van der Waals surface area contributed by atoms with Crippen LogP contribution in [-0.4, -0.2) is 30.0 Å². The number of hydrogen-bond donors (Lipinski definition) is 0. The van der Waals surface area contributed by atoms with Gasteiger partial charge in [-0.1, -0.05) is 0 Å². The first kappa shape index (κ1) is 13.6. The Morgan fingerprint density at radius 2 is 1.87 bits per heavy atom. The lowest BCUT2D eigenvalue weighted by Gasteiger charge is -2.10. The summed E-state index contributed by atoms with van der Waals surface area (Å²) in [6.45, 7) is -1.88. The zero-order valence-electron chi connectivity index (χ0n) is 8.23. The summed E-state index contributed by atoms with van der Waals surface area (Å²) in [4.78, 5) is 7.73. The summed E-state index contributed by atoms with van der Waals surface area (Å²) < 4.78 is 39.0. The van der Waals surface area contributed by atoms with Crippen molar-refractivity contribution in [2.45, 2.75) is 19.9 Å². The Morgan fingerprint density at radius 1 is 1.27 bits per heavy atom. The number of nitrogens with zero attached hydrogens (tertiary/aromatic N) is 2. The van der Waals surface area contributed by atoms with Crippen LogP contribution in [0.2, 0.25) is 0 Å². The van der Waals surface area contributed by atoms with Gasteiger partial charge in [-0.05, 0) is 6.92 Å². The van der Waals surface area contributed by atoms with Gasteiger partial charge in [0.1, 0.15) is 0 Å². The van der Waals surface area contributed by atoms with Crippen LogP contribution in [-0.2, 0) is 4.74 Å². The van der Waals surface area contributed by atoms with Crippen LogP contribution >= 0.6 is 0 Å². The molecule has 0 aliphatic carbocycles. The highest BCUT2D eigenvalue weighted by Gasteiger charge is 2.00. The highest BCUT2D eigenvalue weighted by Crippen LogP contribution is 2.03. The van der Waals surface area contributed by atoms with E-state index in [1.54, 1.807) is 26.4 Å². The third-order valence-electron chi connectivity index (χ3n) is 1.16. The minimum absolute atomic E-state index is 0.285. The molecule has 15 heavy (non-hydrogen) atoms. The lowest BCUT2D eigenvalue weighted by Crippen LogP contribution is -2.14.